The molecule has 2 saturated heterocycles. The number of epoxide rings is 2. The Morgan fingerprint density at radius 1 is 1.26 bits per heavy atom. The van der Waals surface area contributed by atoms with Gasteiger partial charge in [0.1, 0.15) is 12.2 Å². The molecule has 0 radical (unpaired) electrons. The third-order valence-electron chi connectivity index (χ3n) is 2.75. The zero-order valence-electron chi connectivity index (χ0n) is 11.1. The van der Waals surface area contributed by atoms with Gasteiger partial charge in [-0.1, -0.05) is 36.4 Å². The predicted molar refractivity (Wildman–Crippen MR) is 76.5 cm³/mol. The van der Waals surface area contributed by atoms with E-state index >= 15 is 0 Å². The lowest BCUT2D eigenvalue weighted by atomic mass is 10.1. The molecule has 2 unspecified atom stereocenters. The molecule has 0 aliphatic carbocycles. The van der Waals surface area contributed by atoms with Crippen molar-refractivity contribution in [1.82, 2.24) is 0 Å². The van der Waals surface area contributed by atoms with Gasteiger partial charge in [0.15, 0.2) is 0 Å². The van der Waals surface area contributed by atoms with Gasteiger partial charge in [-0.15, -0.1) is 0 Å². The lowest BCUT2D eigenvalue weighted by molar-refractivity contribution is 0.102. The van der Waals surface area contributed by atoms with Crippen molar-refractivity contribution >= 4 is 17.2 Å². The maximum atomic E-state index is 5.86. The van der Waals surface area contributed by atoms with Crippen molar-refractivity contribution in [3.05, 3.63) is 41.4 Å². The fourth-order valence-corrected chi connectivity index (χ4v) is 1.76. The Bertz CT molecular complexity index is 413. The van der Waals surface area contributed by atoms with Crippen molar-refractivity contribution < 1.29 is 14.2 Å². The normalized spacial score (nSPS) is 23.3. The number of allylic oxidation sites excluding steroid dienone is 1. The first-order valence-electron chi connectivity index (χ1n) is 6.38. The van der Waals surface area contributed by atoms with Crippen LogP contribution in [0, 0.1) is 0 Å². The van der Waals surface area contributed by atoms with E-state index in [9.17, 15) is 0 Å². The summed E-state index contributed by atoms with van der Waals surface area (Å²) in [6, 6.07) is 7.70. The van der Waals surface area contributed by atoms with Crippen LogP contribution in [0.3, 0.4) is 0 Å². The minimum atomic E-state index is 0.392. The summed E-state index contributed by atoms with van der Waals surface area (Å²) in [6.45, 7) is 9.01. The number of hydrogen-bond acceptors (Lipinski definition) is 3. The molecule has 4 heteroatoms. The Kier molecular flexibility index (Phi) is 5.40. The lowest BCUT2D eigenvalue weighted by Gasteiger charge is -2.00. The van der Waals surface area contributed by atoms with E-state index in [0.717, 1.165) is 42.6 Å². The second-order valence-corrected chi connectivity index (χ2v) is 5.12. The van der Waals surface area contributed by atoms with E-state index in [-0.39, 0.29) is 0 Å². The van der Waals surface area contributed by atoms with Crippen molar-refractivity contribution in [3.8, 4) is 0 Å². The third-order valence-corrected chi connectivity index (χ3v) is 3.08. The topological polar surface area (TPSA) is 34.3 Å². The quantitative estimate of drug-likeness (QED) is 0.778. The molecule has 0 N–H and O–H groups in total. The van der Waals surface area contributed by atoms with Crippen molar-refractivity contribution in [2.75, 3.05) is 26.4 Å². The lowest BCUT2D eigenvalue weighted by Crippen LogP contribution is -2.06. The average molecular weight is 283 g/mol. The number of ether oxygens (including phenoxy) is 3. The first-order valence-corrected chi connectivity index (χ1v) is 6.76. The predicted octanol–water partition coefficient (Wildman–Crippen LogP) is 3.17. The molecule has 3 rings (SSSR count). The van der Waals surface area contributed by atoms with Gasteiger partial charge in [0, 0.05) is 5.02 Å². The highest BCUT2D eigenvalue weighted by molar-refractivity contribution is 6.32. The summed E-state index contributed by atoms with van der Waals surface area (Å²) < 4.78 is 15.1. The van der Waals surface area contributed by atoms with Crippen LogP contribution in [0.5, 0.6) is 0 Å². The third kappa shape index (κ3) is 5.74. The van der Waals surface area contributed by atoms with Crippen LogP contribution in [0.2, 0.25) is 5.02 Å². The highest BCUT2D eigenvalue weighted by Gasteiger charge is 2.26. The molecule has 3 nitrogen and oxygen atoms in total. The molecule has 2 fully saturated rings. The van der Waals surface area contributed by atoms with Gasteiger partial charge in [-0.05, 0) is 24.1 Å². The van der Waals surface area contributed by atoms with E-state index < -0.39 is 0 Å². The molecular formula is C15H19ClO3. The molecule has 2 atom stereocenters. The molecule has 0 saturated carbocycles. The van der Waals surface area contributed by atoms with Gasteiger partial charge in [0.25, 0.3) is 0 Å². The molecule has 2 aliphatic heterocycles. The molecule has 0 amide bonds. The zero-order chi connectivity index (χ0) is 13.7. The van der Waals surface area contributed by atoms with Gasteiger partial charge in [-0.25, -0.2) is 0 Å². The molecule has 1 aromatic carbocycles. The first-order chi connectivity index (χ1) is 9.16. The minimum absolute atomic E-state index is 0.392. The molecule has 1 aromatic rings. The Labute approximate surface area is 119 Å². The molecular weight excluding hydrogens is 264 g/mol. The van der Waals surface area contributed by atoms with E-state index in [2.05, 4.69) is 6.58 Å². The largest absolute Gasteiger partial charge is 0.376 e. The van der Waals surface area contributed by atoms with Crippen molar-refractivity contribution in [3.63, 3.8) is 0 Å². The highest BCUT2D eigenvalue weighted by Crippen LogP contribution is 2.21. The monoisotopic (exact) mass is 282 g/mol. The highest BCUT2D eigenvalue weighted by atomic mass is 35.5. The van der Waals surface area contributed by atoms with Crippen LogP contribution in [-0.4, -0.2) is 38.6 Å². The van der Waals surface area contributed by atoms with Crippen LogP contribution < -0.4 is 0 Å². The Morgan fingerprint density at radius 2 is 1.79 bits per heavy atom. The first kappa shape index (κ1) is 14.5. The molecule has 2 heterocycles. The Hall–Kier alpha value is -0.870. The summed E-state index contributed by atoms with van der Waals surface area (Å²) in [4.78, 5) is 0. The van der Waals surface area contributed by atoms with Crippen LogP contribution in [-0.2, 0) is 14.2 Å². The second kappa shape index (κ2) is 7.06. The maximum Gasteiger partial charge on any atom is 0.104 e. The van der Waals surface area contributed by atoms with E-state index in [1.807, 2.05) is 31.2 Å². The molecule has 0 bridgehead atoms. The van der Waals surface area contributed by atoms with Crippen LogP contribution in [0.4, 0.5) is 0 Å². The molecule has 104 valence electrons. The average Bonchev–Trinajstić information content (AvgIpc) is 3.25. The van der Waals surface area contributed by atoms with Crippen LogP contribution in [0.1, 0.15) is 12.5 Å². The van der Waals surface area contributed by atoms with E-state index in [4.69, 9.17) is 25.8 Å². The van der Waals surface area contributed by atoms with Crippen molar-refractivity contribution in [2.24, 2.45) is 0 Å². The van der Waals surface area contributed by atoms with E-state index in [1.54, 1.807) is 0 Å². The summed E-state index contributed by atoms with van der Waals surface area (Å²) in [5, 5.41) is 0.773. The summed E-state index contributed by atoms with van der Waals surface area (Å²) in [5.41, 5.74) is 2.04. The van der Waals surface area contributed by atoms with Gasteiger partial charge in [0.2, 0.25) is 0 Å². The second-order valence-electron chi connectivity index (χ2n) is 4.71. The number of halogens is 1. The maximum absolute atomic E-state index is 5.86. The summed E-state index contributed by atoms with van der Waals surface area (Å²) in [6.07, 6.45) is 0.785. The number of hydrogen-bond donors (Lipinski definition) is 0. The van der Waals surface area contributed by atoms with Gasteiger partial charge < -0.3 is 14.2 Å². The van der Waals surface area contributed by atoms with Gasteiger partial charge in [-0.2, -0.15) is 0 Å². The fourth-order valence-electron chi connectivity index (χ4n) is 1.47. The number of rotatable bonds is 5. The molecule has 19 heavy (non-hydrogen) atoms. The summed E-state index contributed by atoms with van der Waals surface area (Å²) in [5.74, 6) is 0. The standard InChI is InChI=1S/C9H9Cl.C6H10O3/c1-7(2)8-5-3-4-6-9(8)10;1(5-3-8-5)7-2-6-4-9-6/h3-6H,1H2,2H3;5-6H,1-4H2. The number of benzene rings is 1. The van der Waals surface area contributed by atoms with E-state index in [0.29, 0.717) is 12.2 Å². The Balaban J connectivity index is 0.000000141. The fraction of sp³-hybridized carbons (Fsp3) is 0.467. The smallest absolute Gasteiger partial charge is 0.104 e. The minimum Gasteiger partial charge on any atom is -0.376 e. The Morgan fingerprint density at radius 3 is 2.16 bits per heavy atom. The van der Waals surface area contributed by atoms with Crippen LogP contribution >= 0.6 is 11.6 Å². The van der Waals surface area contributed by atoms with Gasteiger partial charge in [0.05, 0.1) is 26.4 Å². The summed E-state index contributed by atoms with van der Waals surface area (Å²) >= 11 is 5.86. The van der Waals surface area contributed by atoms with Crippen LogP contribution in [0.25, 0.3) is 5.57 Å². The van der Waals surface area contributed by atoms with Crippen molar-refractivity contribution in [2.45, 2.75) is 19.1 Å². The molecule has 0 spiro atoms. The van der Waals surface area contributed by atoms with Crippen molar-refractivity contribution in [1.29, 1.82) is 0 Å². The van der Waals surface area contributed by atoms with E-state index in [1.165, 1.54) is 0 Å². The van der Waals surface area contributed by atoms with Gasteiger partial charge in [-0.3, -0.25) is 0 Å². The molecule has 2 aliphatic rings. The van der Waals surface area contributed by atoms with Crippen LogP contribution in [0.15, 0.2) is 30.8 Å². The zero-order valence-corrected chi connectivity index (χ0v) is 11.9. The summed E-state index contributed by atoms with van der Waals surface area (Å²) in [7, 11) is 0. The van der Waals surface area contributed by atoms with Gasteiger partial charge >= 0.3 is 0 Å². The molecule has 0 aromatic heterocycles. The SMILES string of the molecule is C(OCC1CO1)C1CO1.C=C(C)c1ccccc1Cl.